The number of carbonyl (C=O) groups excluding carboxylic acids is 2. The van der Waals surface area contributed by atoms with Gasteiger partial charge in [-0.05, 0) is 51.3 Å². The lowest BCUT2D eigenvalue weighted by Gasteiger charge is -2.09. The molecule has 8 heteroatoms. The Kier molecular flexibility index (Phi) is 6.40. The summed E-state index contributed by atoms with van der Waals surface area (Å²) in [6.45, 7) is 2.14. The first kappa shape index (κ1) is 25.9. The Morgan fingerprint density at radius 1 is 0.786 bits per heavy atom. The fourth-order valence-corrected chi connectivity index (χ4v) is 5.90. The van der Waals surface area contributed by atoms with Crippen LogP contribution in [0.4, 0.5) is 0 Å². The number of amides is 2. The highest BCUT2D eigenvalue weighted by Crippen LogP contribution is 2.38. The summed E-state index contributed by atoms with van der Waals surface area (Å²) in [7, 11) is 4.09. The predicted octanol–water partition coefficient (Wildman–Crippen LogP) is 5.11. The van der Waals surface area contributed by atoms with Crippen LogP contribution in [-0.2, 0) is 22.7 Å². The summed E-state index contributed by atoms with van der Waals surface area (Å²) in [4.78, 5) is 33.9. The van der Waals surface area contributed by atoms with Gasteiger partial charge in [-0.1, -0.05) is 60.7 Å². The summed E-state index contributed by atoms with van der Waals surface area (Å²) in [6, 6.07) is 28.0. The maximum Gasteiger partial charge on any atom is 0.261 e. The zero-order valence-corrected chi connectivity index (χ0v) is 23.5. The van der Waals surface area contributed by atoms with Crippen LogP contribution in [0.5, 0.6) is 0 Å². The minimum absolute atomic E-state index is 0.314. The number of carbonyl (C=O) groups is 2. The maximum atomic E-state index is 13.5. The van der Waals surface area contributed by atoms with Crippen molar-refractivity contribution in [3.8, 4) is 0 Å². The average molecular weight is 555 g/mol. The van der Waals surface area contributed by atoms with Crippen molar-refractivity contribution in [1.82, 2.24) is 29.5 Å². The molecule has 8 nitrogen and oxygen atoms in total. The summed E-state index contributed by atoms with van der Waals surface area (Å²) < 4.78 is 4.05. The van der Waals surface area contributed by atoms with Gasteiger partial charge in [0.15, 0.2) is 0 Å². The molecule has 1 aliphatic heterocycles. The van der Waals surface area contributed by atoms with Crippen molar-refractivity contribution in [2.24, 2.45) is 0 Å². The van der Waals surface area contributed by atoms with E-state index in [9.17, 15) is 9.59 Å². The third kappa shape index (κ3) is 4.46. The van der Waals surface area contributed by atoms with E-state index in [-0.39, 0.29) is 0 Å². The Bertz CT molecular complexity index is 2050. The average Bonchev–Trinajstić information content (AvgIpc) is 3.63. The summed E-state index contributed by atoms with van der Waals surface area (Å²) in [5.74, 6) is -0.834. The second-order valence-electron chi connectivity index (χ2n) is 11.0. The molecule has 208 valence electrons. The number of pyridine rings is 1. The van der Waals surface area contributed by atoms with Gasteiger partial charge in [0.05, 0.1) is 34.4 Å². The van der Waals surface area contributed by atoms with Crippen LogP contribution in [0.1, 0.15) is 23.4 Å². The van der Waals surface area contributed by atoms with Gasteiger partial charge in [-0.2, -0.15) is 5.10 Å². The van der Waals surface area contributed by atoms with Gasteiger partial charge in [-0.25, -0.2) is 0 Å². The molecule has 0 fully saturated rings. The lowest BCUT2D eigenvalue weighted by Crippen LogP contribution is -2.22. The Labute approximate surface area is 242 Å². The molecule has 1 aliphatic rings. The molecule has 3 aromatic carbocycles. The van der Waals surface area contributed by atoms with Crippen molar-refractivity contribution in [2.75, 3.05) is 20.6 Å². The van der Waals surface area contributed by atoms with Crippen molar-refractivity contribution in [3.05, 3.63) is 108 Å². The summed E-state index contributed by atoms with van der Waals surface area (Å²) in [5, 5.41) is 10.3. The predicted molar refractivity (Wildman–Crippen MR) is 166 cm³/mol. The van der Waals surface area contributed by atoms with Gasteiger partial charge in [-0.15, -0.1) is 0 Å². The molecule has 0 radical (unpaired) electrons. The van der Waals surface area contributed by atoms with Gasteiger partial charge in [0, 0.05) is 40.0 Å². The van der Waals surface area contributed by atoms with E-state index in [2.05, 4.69) is 20.9 Å². The molecule has 0 saturated heterocycles. The Hall–Kier alpha value is -5.08. The van der Waals surface area contributed by atoms with Crippen molar-refractivity contribution in [3.63, 3.8) is 0 Å². The molecule has 3 aromatic heterocycles. The van der Waals surface area contributed by atoms with Crippen molar-refractivity contribution in [1.29, 1.82) is 0 Å². The highest BCUT2D eigenvalue weighted by Gasteiger charge is 2.36. The molecule has 0 atom stereocenters. The summed E-state index contributed by atoms with van der Waals surface area (Å²) >= 11 is 0. The third-order valence-corrected chi connectivity index (χ3v) is 7.85. The number of rotatable bonds is 8. The molecule has 6 aromatic rings. The van der Waals surface area contributed by atoms with Crippen LogP contribution in [0.3, 0.4) is 0 Å². The Balaban J connectivity index is 1.37. The van der Waals surface area contributed by atoms with E-state index < -0.39 is 11.8 Å². The molecular formula is C34H30N6O2. The highest BCUT2D eigenvalue weighted by molar-refractivity contribution is 6.50. The third-order valence-electron chi connectivity index (χ3n) is 7.85. The fourth-order valence-electron chi connectivity index (χ4n) is 5.90. The molecule has 7 rings (SSSR count). The first-order chi connectivity index (χ1) is 20.5. The van der Waals surface area contributed by atoms with E-state index in [0.717, 1.165) is 51.4 Å². The molecule has 0 unspecified atom stereocenters. The molecule has 42 heavy (non-hydrogen) atoms. The van der Waals surface area contributed by atoms with E-state index in [1.165, 1.54) is 0 Å². The van der Waals surface area contributed by atoms with Crippen molar-refractivity contribution in [2.45, 2.75) is 19.5 Å². The minimum atomic E-state index is -0.424. The van der Waals surface area contributed by atoms with Crippen LogP contribution in [0.15, 0.2) is 91.1 Å². The zero-order chi connectivity index (χ0) is 28.8. The molecule has 4 heterocycles. The van der Waals surface area contributed by atoms with Gasteiger partial charge in [0.25, 0.3) is 11.8 Å². The second kappa shape index (κ2) is 10.4. The zero-order valence-electron chi connectivity index (χ0n) is 23.5. The van der Waals surface area contributed by atoms with Crippen LogP contribution in [0, 0.1) is 0 Å². The molecule has 2 amide bonds. The topological polar surface area (TPSA) is 85.1 Å². The molecule has 1 N–H and O–H groups in total. The van der Waals surface area contributed by atoms with Crippen LogP contribution in [0.2, 0.25) is 0 Å². The number of aryl methyl sites for hydroxylation is 1. The van der Waals surface area contributed by atoms with E-state index in [1.807, 2.05) is 104 Å². The fraction of sp³-hybridized carbons (Fsp3) is 0.176. The molecule has 0 spiro atoms. The first-order valence-electron chi connectivity index (χ1n) is 14.1. The largest absolute Gasteiger partial charge is 0.341 e. The Morgan fingerprint density at radius 2 is 1.50 bits per heavy atom. The summed E-state index contributed by atoms with van der Waals surface area (Å²) in [5.41, 5.74) is 5.64. The second-order valence-corrected chi connectivity index (χ2v) is 11.0. The van der Waals surface area contributed by atoms with Gasteiger partial charge < -0.3 is 9.47 Å². The number of hydrogen-bond donors (Lipinski definition) is 1. The lowest BCUT2D eigenvalue weighted by atomic mass is 9.97. The lowest BCUT2D eigenvalue weighted by molar-refractivity contribution is -0.122. The minimum Gasteiger partial charge on any atom is -0.341 e. The summed E-state index contributed by atoms with van der Waals surface area (Å²) in [6.07, 6.45) is 2.87. The quantitative estimate of drug-likeness (QED) is 0.265. The van der Waals surface area contributed by atoms with Gasteiger partial charge in [-0.3, -0.25) is 24.6 Å². The standard InChI is InChI=1S/C34H30N6O2/c1-38(2)18-9-19-40-29-15-8-5-12-25(29)32(37-40)31-30(33(41)36-34(31)42)26-21-39(28-14-7-4-11-24(26)28)20-23-17-16-22-10-3-6-13-27(22)35-23/h3-8,10-17,21H,9,18-20H2,1-2H3,(H,36,41,42). The highest BCUT2D eigenvalue weighted by atomic mass is 16.2. The smallest absolute Gasteiger partial charge is 0.261 e. The van der Waals surface area contributed by atoms with Gasteiger partial charge in [0.1, 0.15) is 5.69 Å². The van der Waals surface area contributed by atoms with E-state index in [4.69, 9.17) is 10.1 Å². The number of aromatic nitrogens is 4. The van der Waals surface area contributed by atoms with E-state index in [0.29, 0.717) is 35.5 Å². The van der Waals surface area contributed by atoms with Crippen LogP contribution in [0.25, 0.3) is 43.9 Å². The maximum absolute atomic E-state index is 13.5. The normalized spacial score (nSPS) is 13.8. The number of nitrogens with one attached hydrogen (secondary N) is 1. The molecular weight excluding hydrogens is 524 g/mol. The SMILES string of the molecule is CN(C)CCCn1nc(C2=C(c3cn(Cc4ccc5ccccc5n4)c4ccccc34)C(=O)NC2=O)c2ccccc21. The van der Waals surface area contributed by atoms with Crippen LogP contribution in [-0.4, -0.2) is 56.7 Å². The Morgan fingerprint density at radius 3 is 2.33 bits per heavy atom. The van der Waals surface area contributed by atoms with Gasteiger partial charge >= 0.3 is 0 Å². The number of hydrogen-bond acceptors (Lipinski definition) is 5. The number of nitrogens with zero attached hydrogens (tertiary/aromatic N) is 5. The van der Waals surface area contributed by atoms with Crippen molar-refractivity contribution < 1.29 is 9.59 Å². The van der Waals surface area contributed by atoms with Crippen LogP contribution >= 0.6 is 0 Å². The van der Waals surface area contributed by atoms with Crippen molar-refractivity contribution >= 4 is 55.7 Å². The molecule has 0 aliphatic carbocycles. The first-order valence-corrected chi connectivity index (χ1v) is 14.1. The number of fused-ring (bicyclic) bond motifs is 3. The van der Waals surface area contributed by atoms with Crippen LogP contribution < -0.4 is 5.32 Å². The van der Waals surface area contributed by atoms with E-state index in [1.54, 1.807) is 0 Å². The molecule has 0 bridgehead atoms. The number of imide groups is 1. The molecule has 0 saturated carbocycles. The number of benzene rings is 3. The van der Waals surface area contributed by atoms with E-state index >= 15 is 0 Å². The monoisotopic (exact) mass is 554 g/mol. The van der Waals surface area contributed by atoms with Gasteiger partial charge in [0.2, 0.25) is 0 Å². The number of para-hydroxylation sites is 3.